The third kappa shape index (κ3) is 2.10. The highest BCUT2D eigenvalue weighted by atomic mass is 79.9. The summed E-state index contributed by atoms with van der Waals surface area (Å²) in [6.07, 6.45) is 4.25. The van der Waals surface area contributed by atoms with E-state index in [0.717, 1.165) is 40.9 Å². The van der Waals surface area contributed by atoms with E-state index in [4.69, 9.17) is 4.98 Å². The molecule has 0 fully saturated rings. The van der Waals surface area contributed by atoms with E-state index in [1.54, 1.807) is 0 Å². The van der Waals surface area contributed by atoms with Crippen molar-refractivity contribution < 1.29 is 5.11 Å². The van der Waals surface area contributed by atoms with Crippen LogP contribution in [0.2, 0.25) is 0 Å². The molecule has 0 saturated carbocycles. The molecule has 0 bridgehead atoms. The van der Waals surface area contributed by atoms with Crippen LogP contribution in [-0.2, 0) is 6.54 Å². The number of aromatic nitrogens is 2. The first-order chi connectivity index (χ1) is 8.78. The molecular weight excluding hydrogens is 292 g/mol. The smallest absolute Gasteiger partial charge is 0.114 e. The molecule has 94 valence electrons. The summed E-state index contributed by atoms with van der Waals surface area (Å²) in [5.74, 6) is 1.22. The predicted octanol–water partition coefficient (Wildman–Crippen LogP) is 3.18. The lowest BCUT2D eigenvalue weighted by atomic mass is 10.0. The van der Waals surface area contributed by atoms with Crippen molar-refractivity contribution in [1.29, 1.82) is 0 Å². The van der Waals surface area contributed by atoms with Crippen LogP contribution in [0, 0.1) is 0 Å². The molecule has 0 saturated heterocycles. The first-order valence-corrected chi connectivity index (χ1v) is 7.01. The van der Waals surface area contributed by atoms with Crippen LogP contribution >= 0.6 is 15.9 Å². The van der Waals surface area contributed by atoms with Gasteiger partial charge in [-0.2, -0.15) is 0 Å². The largest absolute Gasteiger partial charge is 0.396 e. The third-order valence-electron chi connectivity index (χ3n) is 3.46. The molecule has 2 heterocycles. The highest BCUT2D eigenvalue weighted by Gasteiger charge is 2.22. The van der Waals surface area contributed by atoms with Gasteiger partial charge in [0.15, 0.2) is 0 Å². The van der Waals surface area contributed by atoms with Gasteiger partial charge in [-0.05, 0) is 25.0 Å². The number of aryl methyl sites for hydroxylation is 1. The Hall–Kier alpha value is -1.13. The summed E-state index contributed by atoms with van der Waals surface area (Å²) in [6, 6.07) is 8.16. The molecule has 1 aromatic carbocycles. The second kappa shape index (κ2) is 4.86. The SMILES string of the molecule is OCC1CCCn2cc(-c3cccc(Br)c3)nc21. The van der Waals surface area contributed by atoms with Crippen LogP contribution in [0.5, 0.6) is 0 Å². The molecule has 3 rings (SSSR count). The lowest BCUT2D eigenvalue weighted by molar-refractivity contribution is 0.238. The molecule has 18 heavy (non-hydrogen) atoms. The maximum atomic E-state index is 9.40. The minimum absolute atomic E-state index is 0.189. The Kier molecular flexibility index (Phi) is 3.22. The zero-order valence-electron chi connectivity index (χ0n) is 10.0. The Morgan fingerprint density at radius 1 is 1.44 bits per heavy atom. The van der Waals surface area contributed by atoms with Crippen LogP contribution in [0.1, 0.15) is 24.6 Å². The lowest BCUT2D eigenvalue weighted by Crippen LogP contribution is -2.18. The van der Waals surface area contributed by atoms with Gasteiger partial charge in [0.2, 0.25) is 0 Å². The van der Waals surface area contributed by atoms with Crippen molar-refractivity contribution in [2.24, 2.45) is 0 Å². The molecule has 1 atom stereocenters. The van der Waals surface area contributed by atoms with E-state index >= 15 is 0 Å². The number of imidazole rings is 1. The van der Waals surface area contributed by atoms with Crippen molar-refractivity contribution >= 4 is 15.9 Å². The highest BCUT2D eigenvalue weighted by molar-refractivity contribution is 9.10. The Morgan fingerprint density at radius 3 is 3.11 bits per heavy atom. The summed E-state index contributed by atoms with van der Waals surface area (Å²) in [5, 5.41) is 9.40. The first-order valence-electron chi connectivity index (χ1n) is 6.22. The van der Waals surface area contributed by atoms with E-state index in [0.29, 0.717) is 0 Å². The van der Waals surface area contributed by atoms with Gasteiger partial charge in [-0.25, -0.2) is 4.98 Å². The molecule has 4 heteroatoms. The number of hydrogen-bond acceptors (Lipinski definition) is 2. The van der Waals surface area contributed by atoms with Gasteiger partial charge in [0.25, 0.3) is 0 Å². The van der Waals surface area contributed by atoms with Gasteiger partial charge in [-0.15, -0.1) is 0 Å². The number of halogens is 1. The molecular formula is C14H15BrN2O. The number of aliphatic hydroxyl groups excluding tert-OH is 1. The molecule has 2 aromatic rings. The fourth-order valence-corrected chi connectivity index (χ4v) is 2.93. The average molecular weight is 307 g/mol. The quantitative estimate of drug-likeness (QED) is 0.925. The molecule has 0 aliphatic carbocycles. The third-order valence-corrected chi connectivity index (χ3v) is 3.96. The fraction of sp³-hybridized carbons (Fsp3) is 0.357. The van der Waals surface area contributed by atoms with Gasteiger partial charge in [-0.3, -0.25) is 0 Å². The lowest BCUT2D eigenvalue weighted by Gasteiger charge is -2.21. The molecule has 1 aliphatic rings. The number of rotatable bonds is 2. The fourth-order valence-electron chi connectivity index (χ4n) is 2.53. The molecule has 3 nitrogen and oxygen atoms in total. The van der Waals surface area contributed by atoms with Crippen LogP contribution < -0.4 is 0 Å². The summed E-state index contributed by atoms with van der Waals surface area (Å²) in [7, 11) is 0. The highest BCUT2D eigenvalue weighted by Crippen LogP contribution is 2.30. The summed E-state index contributed by atoms with van der Waals surface area (Å²) < 4.78 is 3.24. The van der Waals surface area contributed by atoms with Crippen LogP contribution in [0.25, 0.3) is 11.3 Å². The van der Waals surface area contributed by atoms with Crippen LogP contribution in [-0.4, -0.2) is 21.3 Å². The molecule has 1 aliphatic heterocycles. The summed E-state index contributed by atoms with van der Waals surface area (Å²) in [4.78, 5) is 4.70. The summed E-state index contributed by atoms with van der Waals surface area (Å²) in [6.45, 7) is 1.20. The van der Waals surface area contributed by atoms with E-state index in [-0.39, 0.29) is 12.5 Å². The van der Waals surface area contributed by atoms with Crippen molar-refractivity contribution in [2.75, 3.05) is 6.61 Å². The molecule has 0 spiro atoms. The van der Waals surface area contributed by atoms with Gasteiger partial charge in [0.1, 0.15) is 5.82 Å². The molecule has 1 unspecified atom stereocenters. The maximum Gasteiger partial charge on any atom is 0.114 e. The number of aliphatic hydroxyl groups is 1. The van der Waals surface area contributed by atoms with Gasteiger partial charge in [-0.1, -0.05) is 28.1 Å². The minimum atomic E-state index is 0.189. The Balaban J connectivity index is 2.02. The molecule has 1 aromatic heterocycles. The first kappa shape index (κ1) is 11.9. The van der Waals surface area contributed by atoms with Gasteiger partial charge >= 0.3 is 0 Å². The monoisotopic (exact) mass is 306 g/mol. The topological polar surface area (TPSA) is 38.0 Å². The summed E-state index contributed by atoms with van der Waals surface area (Å²) >= 11 is 3.48. The number of nitrogens with zero attached hydrogens (tertiary/aromatic N) is 2. The predicted molar refractivity (Wildman–Crippen MR) is 74.4 cm³/mol. The van der Waals surface area contributed by atoms with Crippen molar-refractivity contribution in [1.82, 2.24) is 9.55 Å². The Bertz CT molecular complexity index is 565. The van der Waals surface area contributed by atoms with E-state index < -0.39 is 0 Å². The average Bonchev–Trinajstić information content (AvgIpc) is 2.82. The molecule has 0 amide bonds. The number of benzene rings is 1. The van der Waals surface area contributed by atoms with Gasteiger partial charge in [0, 0.05) is 28.7 Å². The molecule has 1 N–H and O–H groups in total. The van der Waals surface area contributed by atoms with E-state index in [9.17, 15) is 5.11 Å². The second-order valence-electron chi connectivity index (χ2n) is 4.71. The van der Waals surface area contributed by atoms with Crippen molar-refractivity contribution in [3.63, 3.8) is 0 Å². The standard InChI is InChI=1S/C14H15BrN2O/c15-12-5-1-3-10(7-12)13-8-17-6-2-4-11(9-18)14(17)16-13/h1,3,5,7-8,11,18H,2,4,6,9H2. The molecule has 0 radical (unpaired) electrons. The van der Waals surface area contributed by atoms with Crippen LogP contribution in [0.4, 0.5) is 0 Å². The van der Waals surface area contributed by atoms with Gasteiger partial charge < -0.3 is 9.67 Å². The van der Waals surface area contributed by atoms with E-state index in [2.05, 4.69) is 38.8 Å². The van der Waals surface area contributed by atoms with Crippen LogP contribution in [0.3, 0.4) is 0 Å². The van der Waals surface area contributed by atoms with E-state index in [1.165, 1.54) is 0 Å². The Morgan fingerprint density at radius 2 is 2.33 bits per heavy atom. The van der Waals surface area contributed by atoms with Crippen molar-refractivity contribution in [3.8, 4) is 11.3 Å². The maximum absolute atomic E-state index is 9.40. The zero-order chi connectivity index (χ0) is 12.5. The van der Waals surface area contributed by atoms with Crippen molar-refractivity contribution in [3.05, 3.63) is 40.8 Å². The zero-order valence-corrected chi connectivity index (χ0v) is 11.6. The van der Waals surface area contributed by atoms with Crippen molar-refractivity contribution in [2.45, 2.75) is 25.3 Å². The minimum Gasteiger partial charge on any atom is -0.396 e. The number of fused-ring (bicyclic) bond motifs is 1. The van der Waals surface area contributed by atoms with Crippen LogP contribution in [0.15, 0.2) is 34.9 Å². The summed E-state index contributed by atoms with van der Waals surface area (Å²) in [5.41, 5.74) is 2.11. The normalized spacial score (nSPS) is 18.7. The van der Waals surface area contributed by atoms with E-state index in [1.807, 2.05) is 12.1 Å². The van der Waals surface area contributed by atoms with Gasteiger partial charge in [0.05, 0.1) is 12.3 Å². The number of hydrogen-bond donors (Lipinski definition) is 1. The Labute approximate surface area is 115 Å². The second-order valence-corrected chi connectivity index (χ2v) is 5.63.